The van der Waals surface area contributed by atoms with E-state index in [2.05, 4.69) is 47.3 Å². The summed E-state index contributed by atoms with van der Waals surface area (Å²) in [5.41, 5.74) is 0. The maximum atomic E-state index is 4.39. The number of hydrogen-bond acceptors (Lipinski definition) is 7. The Morgan fingerprint density at radius 3 is 2.52 bits per heavy atom. The summed E-state index contributed by atoms with van der Waals surface area (Å²) in [6, 6.07) is 1.85. The van der Waals surface area contributed by atoms with Gasteiger partial charge in [-0.2, -0.15) is 0 Å². The Labute approximate surface area is 164 Å². The van der Waals surface area contributed by atoms with Crippen LogP contribution < -0.4 is 15.5 Å². The van der Waals surface area contributed by atoms with E-state index in [1.54, 1.807) is 23.7 Å². The normalized spacial score (nSPS) is 15.8. The van der Waals surface area contributed by atoms with Crippen LogP contribution in [0.1, 0.15) is 9.88 Å². The molecule has 3 rings (SSSR count). The zero-order valence-corrected chi connectivity index (χ0v) is 16.9. The van der Waals surface area contributed by atoms with Crippen molar-refractivity contribution >= 4 is 23.2 Å². The van der Waals surface area contributed by atoms with E-state index in [1.807, 2.05) is 19.3 Å². The van der Waals surface area contributed by atoms with Gasteiger partial charge in [0.05, 0.1) is 5.01 Å². The van der Waals surface area contributed by atoms with Gasteiger partial charge in [-0.3, -0.25) is 9.89 Å². The monoisotopic (exact) mass is 388 g/mol. The first kappa shape index (κ1) is 19.5. The first-order valence-electron chi connectivity index (χ1n) is 9.35. The van der Waals surface area contributed by atoms with Crippen LogP contribution in [0.4, 0.5) is 5.95 Å². The van der Waals surface area contributed by atoms with Gasteiger partial charge in [0.15, 0.2) is 5.96 Å². The van der Waals surface area contributed by atoms with Crippen molar-refractivity contribution in [2.45, 2.75) is 13.3 Å². The molecule has 0 aliphatic carbocycles. The summed E-state index contributed by atoms with van der Waals surface area (Å²) in [6.07, 6.45) is 6.44. The summed E-state index contributed by atoms with van der Waals surface area (Å²) in [5, 5.41) is 7.91. The van der Waals surface area contributed by atoms with Crippen LogP contribution in [0.5, 0.6) is 0 Å². The summed E-state index contributed by atoms with van der Waals surface area (Å²) in [6.45, 7) is 8.76. The van der Waals surface area contributed by atoms with Gasteiger partial charge in [0.2, 0.25) is 5.95 Å². The average molecular weight is 389 g/mol. The third-order valence-electron chi connectivity index (χ3n) is 4.45. The van der Waals surface area contributed by atoms with Gasteiger partial charge in [-0.15, -0.1) is 11.3 Å². The zero-order valence-electron chi connectivity index (χ0n) is 16.1. The number of thiazole rings is 1. The van der Waals surface area contributed by atoms with Gasteiger partial charge in [-0.05, 0) is 13.0 Å². The van der Waals surface area contributed by atoms with Gasteiger partial charge in [0.25, 0.3) is 0 Å². The fourth-order valence-electron chi connectivity index (χ4n) is 2.98. The standard InChI is InChI=1S/C18H28N8S/c1-15-14-24-16(27-15)4-7-20-17(19-2)21-8-9-25-10-12-26(13-11-25)18-22-5-3-6-23-18/h3,5-6,14H,4,7-13H2,1-2H3,(H2,19,20,21). The van der Waals surface area contributed by atoms with Gasteiger partial charge in [0.1, 0.15) is 0 Å². The van der Waals surface area contributed by atoms with E-state index in [0.717, 1.165) is 69.1 Å². The third-order valence-corrected chi connectivity index (χ3v) is 5.42. The second-order valence-electron chi connectivity index (χ2n) is 6.42. The van der Waals surface area contributed by atoms with Crippen LogP contribution in [0.3, 0.4) is 0 Å². The lowest BCUT2D eigenvalue weighted by atomic mass is 10.3. The van der Waals surface area contributed by atoms with E-state index in [0.29, 0.717) is 0 Å². The fraction of sp³-hybridized carbons (Fsp3) is 0.556. The molecule has 0 atom stereocenters. The molecular formula is C18H28N8S. The molecule has 0 unspecified atom stereocenters. The predicted octanol–water partition coefficient (Wildman–Crippen LogP) is 0.771. The molecule has 0 amide bonds. The lowest BCUT2D eigenvalue weighted by Gasteiger charge is -2.34. The van der Waals surface area contributed by atoms with E-state index >= 15 is 0 Å². The molecule has 1 aliphatic heterocycles. The molecule has 0 spiro atoms. The number of hydrogen-bond donors (Lipinski definition) is 2. The molecule has 2 N–H and O–H groups in total. The zero-order chi connectivity index (χ0) is 18.9. The molecule has 1 aliphatic rings. The molecule has 0 aromatic carbocycles. The number of aliphatic imine (C=N–C) groups is 1. The number of nitrogens with zero attached hydrogens (tertiary/aromatic N) is 6. The van der Waals surface area contributed by atoms with Crippen molar-refractivity contribution in [2.24, 2.45) is 4.99 Å². The molecule has 2 aromatic heterocycles. The van der Waals surface area contributed by atoms with Gasteiger partial charge < -0.3 is 15.5 Å². The molecule has 8 nitrogen and oxygen atoms in total. The Hall–Kier alpha value is -2.26. The second kappa shape index (κ2) is 10.2. The van der Waals surface area contributed by atoms with Crippen LogP contribution in [0.15, 0.2) is 29.6 Å². The maximum Gasteiger partial charge on any atom is 0.225 e. The molecule has 1 saturated heterocycles. The molecule has 3 heterocycles. The highest BCUT2D eigenvalue weighted by molar-refractivity contribution is 7.11. The first-order chi connectivity index (χ1) is 13.2. The van der Waals surface area contributed by atoms with Crippen LogP contribution >= 0.6 is 11.3 Å². The van der Waals surface area contributed by atoms with Crippen molar-refractivity contribution in [1.82, 2.24) is 30.5 Å². The van der Waals surface area contributed by atoms with E-state index in [9.17, 15) is 0 Å². The summed E-state index contributed by atoms with van der Waals surface area (Å²) < 4.78 is 0. The number of rotatable bonds is 7. The number of nitrogens with one attached hydrogen (secondary N) is 2. The largest absolute Gasteiger partial charge is 0.356 e. The average Bonchev–Trinajstić information content (AvgIpc) is 3.13. The highest BCUT2D eigenvalue weighted by Gasteiger charge is 2.18. The smallest absolute Gasteiger partial charge is 0.225 e. The summed E-state index contributed by atoms with van der Waals surface area (Å²) in [5.74, 6) is 1.68. The van der Waals surface area contributed by atoms with Gasteiger partial charge in [-0.1, -0.05) is 0 Å². The van der Waals surface area contributed by atoms with Crippen molar-refractivity contribution in [2.75, 3.05) is 57.8 Å². The highest BCUT2D eigenvalue weighted by Crippen LogP contribution is 2.11. The Morgan fingerprint density at radius 1 is 1.11 bits per heavy atom. The minimum atomic E-state index is 0.829. The molecular weight excluding hydrogens is 360 g/mol. The topological polar surface area (TPSA) is 81.6 Å². The van der Waals surface area contributed by atoms with Crippen LogP contribution in [0, 0.1) is 6.92 Å². The summed E-state index contributed by atoms with van der Waals surface area (Å²) >= 11 is 1.75. The van der Waals surface area contributed by atoms with E-state index < -0.39 is 0 Å². The molecule has 27 heavy (non-hydrogen) atoms. The van der Waals surface area contributed by atoms with E-state index in [-0.39, 0.29) is 0 Å². The lowest BCUT2D eigenvalue weighted by molar-refractivity contribution is 0.260. The van der Waals surface area contributed by atoms with E-state index in [1.165, 1.54) is 4.88 Å². The van der Waals surface area contributed by atoms with Crippen molar-refractivity contribution < 1.29 is 0 Å². The lowest BCUT2D eigenvalue weighted by Crippen LogP contribution is -2.49. The van der Waals surface area contributed by atoms with Crippen molar-refractivity contribution in [1.29, 1.82) is 0 Å². The Morgan fingerprint density at radius 2 is 1.85 bits per heavy atom. The van der Waals surface area contributed by atoms with Crippen LogP contribution in [-0.4, -0.2) is 78.7 Å². The van der Waals surface area contributed by atoms with E-state index in [4.69, 9.17) is 0 Å². The molecule has 146 valence electrons. The fourth-order valence-corrected chi connectivity index (χ4v) is 3.77. The van der Waals surface area contributed by atoms with Crippen molar-refractivity contribution in [3.05, 3.63) is 34.5 Å². The minimum Gasteiger partial charge on any atom is -0.356 e. The van der Waals surface area contributed by atoms with Crippen LogP contribution in [-0.2, 0) is 6.42 Å². The number of piperazine rings is 1. The summed E-state index contributed by atoms with van der Waals surface area (Å²) in [4.78, 5) is 23.3. The Bertz CT molecular complexity index is 709. The Balaban J connectivity index is 1.31. The maximum absolute atomic E-state index is 4.39. The molecule has 2 aromatic rings. The quantitative estimate of drug-likeness (QED) is 0.536. The first-order valence-corrected chi connectivity index (χ1v) is 10.2. The number of aromatic nitrogens is 3. The highest BCUT2D eigenvalue weighted by atomic mass is 32.1. The number of anilines is 1. The second-order valence-corrected chi connectivity index (χ2v) is 7.74. The molecule has 0 saturated carbocycles. The molecule has 0 radical (unpaired) electrons. The third kappa shape index (κ3) is 6.14. The number of aryl methyl sites for hydroxylation is 1. The predicted molar refractivity (Wildman–Crippen MR) is 111 cm³/mol. The molecule has 0 bridgehead atoms. The SMILES string of the molecule is CN=C(NCCc1ncc(C)s1)NCCN1CCN(c2ncccn2)CC1. The van der Waals surface area contributed by atoms with Gasteiger partial charge >= 0.3 is 0 Å². The molecule has 1 fully saturated rings. The Kier molecular flexibility index (Phi) is 7.35. The van der Waals surface area contributed by atoms with Crippen LogP contribution in [0.2, 0.25) is 0 Å². The summed E-state index contributed by atoms with van der Waals surface area (Å²) in [7, 11) is 1.81. The van der Waals surface area contributed by atoms with Gasteiger partial charge in [-0.25, -0.2) is 15.0 Å². The van der Waals surface area contributed by atoms with Crippen LogP contribution in [0.25, 0.3) is 0 Å². The van der Waals surface area contributed by atoms with Gasteiger partial charge in [0, 0.05) is 82.7 Å². The number of guanidine groups is 1. The molecule has 9 heteroatoms. The van der Waals surface area contributed by atoms with Crippen molar-refractivity contribution in [3.8, 4) is 0 Å². The van der Waals surface area contributed by atoms with Crippen molar-refractivity contribution in [3.63, 3.8) is 0 Å². The minimum absolute atomic E-state index is 0.829.